The number of hydrogen-bond donors (Lipinski definition) is 0. The number of carbonyl (C=O) groups excluding carboxylic acids is 1. The molecule has 1 aromatic heterocycles. The number of ether oxygens (including phenoxy) is 1. The van der Waals surface area contributed by atoms with E-state index in [9.17, 15) is 4.79 Å². The lowest BCUT2D eigenvalue weighted by Gasteiger charge is -2.08. The zero-order valence-corrected chi connectivity index (χ0v) is 18.4. The number of aromatic nitrogens is 1. The van der Waals surface area contributed by atoms with Gasteiger partial charge in [-0.15, -0.1) is 0 Å². The average Bonchev–Trinajstić information content (AvgIpc) is 3.06. The molecule has 4 nitrogen and oxygen atoms in total. The van der Waals surface area contributed by atoms with Crippen LogP contribution >= 0.6 is 34.7 Å². The lowest BCUT2D eigenvalue weighted by atomic mass is 10.1. The van der Waals surface area contributed by atoms with Crippen LogP contribution in [0.5, 0.6) is 5.75 Å². The highest BCUT2D eigenvalue weighted by Crippen LogP contribution is 2.27. The zero-order chi connectivity index (χ0) is 20.4. The van der Waals surface area contributed by atoms with Gasteiger partial charge in [-0.2, -0.15) is 16.8 Å². The first-order valence-corrected chi connectivity index (χ1v) is 11.6. The number of thioether (sulfide) groups is 1. The van der Waals surface area contributed by atoms with Gasteiger partial charge in [-0.05, 0) is 47.4 Å². The van der Waals surface area contributed by atoms with Gasteiger partial charge in [-0.1, -0.05) is 47.2 Å². The molecule has 0 radical (unpaired) electrons. The molecule has 0 atom stereocenters. The van der Waals surface area contributed by atoms with Crippen LogP contribution in [0.3, 0.4) is 0 Å². The molecule has 148 valence electrons. The van der Waals surface area contributed by atoms with Crippen molar-refractivity contribution in [1.29, 1.82) is 0 Å². The molecule has 0 saturated carbocycles. The number of benzene rings is 3. The van der Waals surface area contributed by atoms with Crippen molar-refractivity contribution in [2.24, 2.45) is 4.99 Å². The molecule has 4 aromatic rings. The number of hydrogen-bond acceptors (Lipinski definition) is 4. The van der Waals surface area contributed by atoms with Crippen molar-refractivity contribution in [3.8, 4) is 5.75 Å². The van der Waals surface area contributed by atoms with Crippen molar-refractivity contribution in [2.45, 2.75) is 6.54 Å². The Morgan fingerprint density at radius 2 is 1.93 bits per heavy atom. The fraction of sp³-hybridized carbons (Fsp3) is 0.182. The fourth-order valence-electron chi connectivity index (χ4n) is 3.23. The SMILES string of the molecule is COc1cc2ccccc2cc1C(=O)N=c1sc2cc(Cl)ccc2n1CCSC. The van der Waals surface area contributed by atoms with Gasteiger partial charge in [0, 0.05) is 17.3 Å². The Labute approximate surface area is 181 Å². The summed E-state index contributed by atoms with van der Waals surface area (Å²) in [6.07, 6.45) is 2.06. The van der Waals surface area contributed by atoms with Crippen molar-refractivity contribution in [2.75, 3.05) is 19.1 Å². The van der Waals surface area contributed by atoms with Crippen LogP contribution in [0, 0.1) is 0 Å². The Balaban J connectivity index is 1.86. The molecule has 4 rings (SSSR count). The van der Waals surface area contributed by atoms with E-state index in [2.05, 4.69) is 15.8 Å². The maximum Gasteiger partial charge on any atom is 0.283 e. The van der Waals surface area contributed by atoms with Crippen molar-refractivity contribution in [3.05, 3.63) is 70.0 Å². The zero-order valence-electron chi connectivity index (χ0n) is 16.0. The van der Waals surface area contributed by atoms with Crippen LogP contribution in [0.4, 0.5) is 0 Å². The summed E-state index contributed by atoms with van der Waals surface area (Å²) in [7, 11) is 1.57. The van der Waals surface area contributed by atoms with Gasteiger partial charge in [0.1, 0.15) is 5.75 Å². The van der Waals surface area contributed by atoms with Crippen molar-refractivity contribution in [3.63, 3.8) is 0 Å². The average molecular weight is 443 g/mol. The summed E-state index contributed by atoms with van der Waals surface area (Å²) in [6, 6.07) is 17.4. The summed E-state index contributed by atoms with van der Waals surface area (Å²) < 4.78 is 8.57. The van der Waals surface area contributed by atoms with E-state index < -0.39 is 0 Å². The predicted molar refractivity (Wildman–Crippen MR) is 124 cm³/mol. The molecule has 0 saturated heterocycles. The molecule has 1 heterocycles. The first-order valence-electron chi connectivity index (χ1n) is 9.04. The molecular formula is C22H19ClN2O2S2. The quantitative estimate of drug-likeness (QED) is 0.402. The largest absolute Gasteiger partial charge is 0.496 e. The van der Waals surface area contributed by atoms with E-state index in [1.54, 1.807) is 18.9 Å². The smallest absolute Gasteiger partial charge is 0.283 e. The van der Waals surface area contributed by atoms with E-state index in [1.807, 2.05) is 54.6 Å². The van der Waals surface area contributed by atoms with E-state index in [-0.39, 0.29) is 5.91 Å². The predicted octanol–water partition coefficient (Wildman–Crippen LogP) is 5.62. The molecular weight excluding hydrogens is 424 g/mol. The topological polar surface area (TPSA) is 43.6 Å². The van der Waals surface area contributed by atoms with Gasteiger partial charge >= 0.3 is 0 Å². The van der Waals surface area contributed by atoms with E-state index in [0.717, 1.165) is 33.3 Å². The molecule has 0 bridgehead atoms. The summed E-state index contributed by atoms with van der Waals surface area (Å²) in [4.78, 5) is 18.3. The minimum atomic E-state index is -0.317. The second-order valence-corrected chi connectivity index (χ2v) is 8.89. The van der Waals surface area contributed by atoms with Crippen LogP contribution in [0.2, 0.25) is 5.02 Å². The van der Waals surface area contributed by atoms with Crippen LogP contribution in [-0.2, 0) is 6.54 Å². The maximum absolute atomic E-state index is 13.1. The first kappa shape index (κ1) is 20.0. The number of halogens is 1. The second-order valence-electron chi connectivity index (χ2n) is 6.46. The van der Waals surface area contributed by atoms with Gasteiger partial charge in [0.2, 0.25) is 0 Å². The number of aryl methyl sites for hydroxylation is 1. The van der Waals surface area contributed by atoms with Crippen molar-refractivity contribution < 1.29 is 9.53 Å². The lowest BCUT2D eigenvalue weighted by Crippen LogP contribution is -2.18. The Bertz CT molecular complexity index is 1280. The van der Waals surface area contributed by atoms with Crippen LogP contribution < -0.4 is 9.54 Å². The molecule has 3 aromatic carbocycles. The minimum Gasteiger partial charge on any atom is -0.496 e. The highest BCUT2D eigenvalue weighted by Gasteiger charge is 2.15. The van der Waals surface area contributed by atoms with Gasteiger partial charge in [-0.25, -0.2) is 0 Å². The molecule has 0 unspecified atom stereocenters. The Morgan fingerprint density at radius 1 is 1.17 bits per heavy atom. The van der Waals surface area contributed by atoms with Gasteiger partial charge in [0.15, 0.2) is 4.80 Å². The van der Waals surface area contributed by atoms with Gasteiger partial charge in [0.05, 0.1) is 22.9 Å². The molecule has 0 aliphatic carbocycles. The van der Waals surface area contributed by atoms with E-state index in [4.69, 9.17) is 16.3 Å². The first-order chi connectivity index (χ1) is 14.1. The summed E-state index contributed by atoms with van der Waals surface area (Å²) >= 11 is 9.38. The molecule has 0 fully saturated rings. The third-order valence-electron chi connectivity index (χ3n) is 4.66. The standard InChI is InChI=1S/C22H19ClN2O2S2/c1-27-19-12-15-6-4-3-5-14(15)11-17(19)21(26)24-22-25(9-10-28-2)18-8-7-16(23)13-20(18)29-22/h3-8,11-13H,9-10H2,1-2H3. The Morgan fingerprint density at radius 3 is 2.66 bits per heavy atom. The molecule has 29 heavy (non-hydrogen) atoms. The molecule has 0 N–H and O–H groups in total. The number of thiazole rings is 1. The molecule has 7 heteroatoms. The van der Waals surface area contributed by atoms with Crippen molar-refractivity contribution >= 4 is 61.6 Å². The highest BCUT2D eigenvalue weighted by molar-refractivity contribution is 7.98. The second kappa shape index (κ2) is 8.61. The molecule has 0 aliphatic heterocycles. The number of nitrogens with zero attached hydrogens (tertiary/aromatic N) is 2. The number of amides is 1. The third kappa shape index (κ3) is 4.06. The summed E-state index contributed by atoms with van der Waals surface area (Å²) in [5.74, 6) is 1.13. The van der Waals surface area contributed by atoms with Crippen LogP contribution in [-0.4, -0.2) is 29.6 Å². The molecule has 0 spiro atoms. The lowest BCUT2D eigenvalue weighted by molar-refractivity contribution is 0.0995. The number of fused-ring (bicyclic) bond motifs is 2. The van der Waals surface area contributed by atoms with E-state index >= 15 is 0 Å². The van der Waals surface area contributed by atoms with Crippen LogP contribution in [0.25, 0.3) is 21.0 Å². The highest BCUT2D eigenvalue weighted by atomic mass is 35.5. The van der Waals surface area contributed by atoms with Gasteiger partial charge in [0.25, 0.3) is 5.91 Å². The number of methoxy groups -OCH3 is 1. The molecule has 0 aliphatic rings. The van der Waals surface area contributed by atoms with Crippen LogP contribution in [0.1, 0.15) is 10.4 Å². The van der Waals surface area contributed by atoms with Crippen molar-refractivity contribution in [1.82, 2.24) is 4.57 Å². The minimum absolute atomic E-state index is 0.317. The van der Waals surface area contributed by atoms with Gasteiger partial charge < -0.3 is 9.30 Å². The summed E-state index contributed by atoms with van der Waals surface area (Å²) in [5, 5.41) is 2.67. The number of rotatable bonds is 5. The summed E-state index contributed by atoms with van der Waals surface area (Å²) in [6.45, 7) is 0.768. The van der Waals surface area contributed by atoms with E-state index in [0.29, 0.717) is 21.1 Å². The normalized spacial score (nSPS) is 12.0. The monoisotopic (exact) mass is 442 g/mol. The Hall–Kier alpha value is -2.28. The third-order valence-corrected chi connectivity index (χ3v) is 6.53. The number of carbonyl (C=O) groups is 1. The molecule has 1 amide bonds. The van der Waals surface area contributed by atoms with Crippen LogP contribution in [0.15, 0.2) is 59.6 Å². The maximum atomic E-state index is 13.1. The van der Waals surface area contributed by atoms with E-state index in [1.165, 1.54) is 11.3 Å². The Kier molecular flexibility index (Phi) is 5.94. The fourth-order valence-corrected chi connectivity index (χ4v) is 4.93. The summed E-state index contributed by atoms with van der Waals surface area (Å²) in [5.41, 5.74) is 1.49. The van der Waals surface area contributed by atoms with Gasteiger partial charge in [-0.3, -0.25) is 4.79 Å².